The number of halogens is 1. The topological polar surface area (TPSA) is 58.6 Å². The van der Waals surface area contributed by atoms with E-state index in [0.29, 0.717) is 17.9 Å². The van der Waals surface area contributed by atoms with E-state index < -0.39 is 17.6 Å². The highest BCUT2D eigenvalue weighted by Crippen LogP contribution is 2.25. The van der Waals surface area contributed by atoms with Gasteiger partial charge in [-0.15, -0.1) is 0 Å². The molecule has 0 aromatic heterocycles. The normalized spacial score (nSPS) is 14.9. The number of fused-ring (bicyclic) bond motifs is 1. The van der Waals surface area contributed by atoms with Crippen LogP contribution in [0.5, 0.6) is 5.75 Å². The van der Waals surface area contributed by atoms with E-state index in [1.807, 2.05) is 18.2 Å². The van der Waals surface area contributed by atoms with Gasteiger partial charge in [-0.3, -0.25) is 14.9 Å². The van der Waals surface area contributed by atoms with E-state index in [-0.39, 0.29) is 16.4 Å². The van der Waals surface area contributed by atoms with Crippen LogP contribution in [0, 0.1) is 5.82 Å². The van der Waals surface area contributed by atoms with E-state index in [0.717, 1.165) is 15.8 Å². The lowest BCUT2D eigenvalue weighted by Crippen LogP contribution is -2.54. The van der Waals surface area contributed by atoms with Crippen LogP contribution in [-0.2, 0) is 16.2 Å². The molecule has 5 nitrogen and oxygen atoms in total. The van der Waals surface area contributed by atoms with Crippen molar-refractivity contribution in [3.63, 3.8) is 0 Å². The zero-order valence-electron chi connectivity index (χ0n) is 18.4. The second kappa shape index (κ2) is 9.48. The van der Waals surface area contributed by atoms with Crippen molar-refractivity contribution in [2.45, 2.75) is 6.61 Å². The Balaban J connectivity index is 1.32. The summed E-state index contributed by atoms with van der Waals surface area (Å²) in [5, 5.41) is 4.61. The van der Waals surface area contributed by atoms with Crippen LogP contribution in [0.4, 0.5) is 10.1 Å². The number of para-hydroxylation sites is 1. The lowest BCUT2D eigenvalue weighted by atomic mass is 10.1. The Morgan fingerprint density at radius 1 is 0.886 bits per heavy atom. The Kier molecular flexibility index (Phi) is 6.08. The molecule has 172 valence electrons. The molecule has 1 heterocycles. The molecule has 2 amide bonds. The first-order valence-electron chi connectivity index (χ1n) is 10.9. The van der Waals surface area contributed by atoms with Gasteiger partial charge in [0.05, 0.1) is 5.69 Å². The number of benzene rings is 4. The quantitative estimate of drug-likeness (QED) is 0.235. The Hall–Kier alpha value is -4.36. The highest BCUT2D eigenvalue weighted by Gasteiger charge is 2.35. The summed E-state index contributed by atoms with van der Waals surface area (Å²) >= 11 is 5.12. The van der Waals surface area contributed by atoms with Crippen molar-refractivity contribution in [2.24, 2.45) is 0 Å². The summed E-state index contributed by atoms with van der Waals surface area (Å²) < 4.78 is 20.2. The molecule has 1 fully saturated rings. The molecule has 0 saturated carbocycles. The minimum absolute atomic E-state index is 0.0224. The molecular weight excluding hydrogens is 463 g/mol. The molecule has 0 atom stereocenters. The van der Waals surface area contributed by atoms with E-state index >= 15 is 0 Å². The first-order chi connectivity index (χ1) is 17.0. The largest absolute Gasteiger partial charge is 0.489 e. The average Bonchev–Trinajstić information content (AvgIpc) is 2.87. The number of amides is 2. The van der Waals surface area contributed by atoms with E-state index in [1.165, 1.54) is 29.7 Å². The molecule has 1 saturated heterocycles. The zero-order chi connectivity index (χ0) is 24.4. The molecule has 1 N–H and O–H groups in total. The number of thiocarbonyl (C=S) groups is 1. The maximum absolute atomic E-state index is 14.3. The molecule has 0 spiro atoms. The predicted molar refractivity (Wildman–Crippen MR) is 137 cm³/mol. The first kappa shape index (κ1) is 22.4. The van der Waals surface area contributed by atoms with Gasteiger partial charge >= 0.3 is 0 Å². The van der Waals surface area contributed by atoms with Gasteiger partial charge in [0.2, 0.25) is 0 Å². The average molecular weight is 483 g/mol. The zero-order valence-corrected chi connectivity index (χ0v) is 19.2. The van der Waals surface area contributed by atoms with Crippen molar-refractivity contribution in [1.82, 2.24) is 5.32 Å². The third-order valence-corrected chi connectivity index (χ3v) is 5.89. The molecular formula is C28H19FN2O3S. The third kappa shape index (κ3) is 4.67. The van der Waals surface area contributed by atoms with Crippen molar-refractivity contribution in [3.8, 4) is 5.75 Å². The molecule has 35 heavy (non-hydrogen) atoms. The van der Waals surface area contributed by atoms with E-state index in [1.54, 1.807) is 30.3 Å². The Labute approximate surface area is 206 Å². The number of carbonyl (C=O) groups is 2. The second-order valence-corrected chi connectivity index (χ2v) is 8.34. The molecule has 0 unspecified atom stereocenters. The number of carbonyl (C=O) groups excluding carboxylic acids is 2. The number of nitrogens with one attached hydrogen (secondary N) is 1. The predicted octanol–water partition coefficient (Wildman–Crippen LogP) is 5.39. The number of anilines is 1. The maximum Gasteiger partial charge on any atom is 0.270 e. The van der Waals surface area contributed by atoms with Gasteiger partial charge in [0.25, 0.3) is 11.8 Å². The van der Waals surface area contributed by atoms with Gasteiger partial charge in [-0.1, -0.05) is 60.7 Å². The van der Waals surface area contributed by atoms with Gasteiger partial charge in [-0.25, -0.2) is 9.29 Å². The van der Waals surface area contributed by atoms with Crippen molar-refractivity contribution < 1.29 is 18.7 Å². The van der Waals surface area contributed by atoms with Gasteiger partial charge in [-0.2, -0.15) is 0 Å². The van der Waals surface area contributed by atoms with Crippen LogP contribution in [-0.4, -0.2) is 16.9 Å². The highest BCUT2D eigenvalue weighted by atomic mass is 32.1. The molecule has 0 radical (unpaired) electrons. The molecule has 1 aliphatic rings. The number of hydrogen-bond donors (Lipinski definition) is 1. The number of rotatable bonds is 5. The molecule has 0 aliphatic carbocycles. The van der Waals surface area contributed by atoms with Gasteiger partial charge in [0, 0.05) is 0 Å². The first-order valence-corrected chi connectivity index (χ1v) is 11.3. The molecule has 5 rings (SSSR count). The third-order valence-electron chi connectivity index (χ3n) is 5.61. The summed E-state index contributed by atoms with van der Waals surface area (Å²) in [6.07, 6.45) is 1.44. The summed E-state index contributed by atoms with van der Waals surface area (Å²) in [4.78, 5) is 26.5. The van der Waals surface area contributed by atoms with Crippen LogP contribution in [0.15, 0.2) is 96.6 Å². The summed E-state index contributed by atoms with van der Waals surface area (Å²) in [6.45, 7) is 0.404. The van der Waals surface area contributed by atoms with Gasteiger partial charge in [0.1, 0.15) is 23.7 Å². The minimum atomic E-state index is -0.694. The fourth-order valence-corrected chi connectivity index (χ4v) is 4.11. The smallest absolute Gasteiger partial charge is 0.270 e. The lowest BCUT2D eigenvalue weighted by Gasteiger charge is -2.29. The summed E-state index contributed by atoms with van der Waals surface area (Å²) in [5.74, 6) is -1.30. The summed E-state index contributed by atoms with van der Waals surface area (Å²) in [6, 6.07) is 27.1. The lowest BCUT2D eigenvalue weighted by molar-refractivity contribution is -0.122. The second-order valence-electron chi connectivity index (χ2n) is 7.95. The molecule has 0 bridgehead atoms. The Morgan fingerprint density at radius 3 is 2.37 bits per heavy atom. The number of hydrogen-bond acceptors (Lipinski definition) is 4. The Bertz CT molecular complexity index is 1500. The standard InChI is InChI=1S/C28H19FN2O3S/c29-24-7-3-4-8-25(24)31-27(33)23(26(32)30-28(31)35)16-18-10-13-22(14-11-18)34-17-19-9-12-20-5-1-2-6-21(20)15-19/h1-16H,17H2,(H,30,32,35)/b23-16+. The van der Waals surface area contributed by atoms with Crippen LogP contribution in [0.25, 0.3) is 16.8 Å². The van der Waals surface area contributed by atoms with Crippen LogP contribution in [0.3, 0.4) is 0 Å². The number of nitrogens with zero attached hydrogens (tertiary/aromatic N) is 1. The molecule has 7 heteroatoms. The molecule has 4 aromatic rings. The van der Waals surface area contributed by atoms with Crippen molar-refractivity contribution in [2.75, 3.05) is 4.90 Å². The van der Waals surface area contributed by atoms with Crippen LogP contribution < -0.4 is 15.0 Å². The summed E-state index contributed by atoms with van der Waals surface area (Å²) in [5.41, 5.74) is 1.49. The van der Waals surface area contributed by atoms with E-state index in [4.69, 9.17) is 17.0 Å². The van der Waals surface area contributed by atoms with Gasteiger partial charge < -0.3 is 4.74 Å². The van der Waals surface area contributed by atoms with Gasteiger partial charge in [0.15, 0.2) is 5.11 Å². The van der Waals surface area contributed by atoms with Gasteiger partial charge in [-0.05, 0) is 70.5 Å². The summed E-state index contributed by atoms with van der Waals surface area (Å²) in [7, 11) is 0. The minimum Gasteiger partial charge on any atom is -0.489 e. The SMILES string of the molecule is O=C1NC(=S)N(c2ccccc2F)C(=O)/C1=C/c1ccc(OCc2ccc3ccccc3c2)cc1. The molecule has 1 aliphatic heterocycles. The maximum atomic E-state index is 14.3. The fraction of sp³-hybridized carbons (Fsp3) is 0.0357. The van der Waals surface area contributed by atoms with Crippen LogP contribution in [0.1, 0.15) is 11.1 Å². The highest BCUT2D eigenvalue weighted by molar-refractivity contribution is 7.80. The van der Waals surface area contributed by atoms with E-state index in [9.17, 15) is 14.0 Å². The molecule has 4 aromatic carbocycles. The Morgan fingerprint density at radius 2 is 1.60 bits per heavy atom. The number of ether oxygens (including phenoxy) is 1. The van der Waals surface area contributed by atoms with Crippen molar-refractivity contribution >= 4 is 51.7 Å². The van der Waals surface area contributed by atoms with Crippen molar-refractivity contribution in [3.05, 3.63) is 114 Å². The fourth-order valence-electron chi connectivity index (χ4n) is 3.83. The monoisotopic (exact) mass is 482 g/mol. The van der Waals surface area contributed by atoms with Crippen LogP contribution >= 0.6 is 12.2 Å². The van der Waals surface area contributed by atoms with Crippen LogP contribution in [0.2, 0.25) is 0 Å². The van der Waals surface area contributed by atoms with E-state index in [2.05, 4.69) is 29.6 Å². The van der Waals surface area contributed by atoms with Crippen molar-refractivity contribution in [1.29, 1.82) is 0 Å².